The van der Waals surface area contributed by atoms with Crippen LogP contribution in [0.3, 0.4) is 0 Å². The summed E-state index contributed by atoms with van der Waals surface area (Å²) in [6.07, 6.45) is 4.90. The highest BCUT2D eigenvalue weighted by atomic mass is 15.1. The van der Waals surface area contributed by atoms with Gasteiger partial charge in [-0.05, 0) is 24.6 Å². The van der Waals surface area contributed by atoms with Gasteiger partial charge in [0.2, 0.25) is 5.95 Å². The van der Waals surface area contributed by atoms with Crippen molar-refractivity contribution in [2.45, 2.75) is 13.0 Å². The smallest absolute Gasteiger partial charge is 0.223 e. The van der Waals surface area contributed by atoms with Gasteiger partial charge in [0, 0.05) is 6.20 Å². The largest absolute Gasteiger partial charge is 0.348 e. The zero-order valence-corrected chi connectivity index (χ0v) is 15.0. The number of nitrogens with one attached hydrogen (secondary N) is 1. The maximum Gasteiger partial charge on any atom is 0.223 e. The van der Waals surface area contributed by atoms with Gasteiger partial charge in [-0.15, -0.1) is 0 Å². The third-order valence-electron chi connectivity index (χ3n) is 4.45. The number of fused-ring (bicyclic) bond motifs is 1. The fourth-order valence-electron chi connectivity index (χ4n) is 3.02. The van der Waals surface area contributed by atoms with Gasteiger partial charge in [0.1, 0.15) is 17.8 Å². The Hall–Kier alpha value is -4.23. The topological polar surface area (TPSA) is 103 Å². The number of anilines is 1. The van der Waals surface area contributed by atoms with Gasteiger partial charge in [-0.3, -0.25) is 4.40 Å². The Morgan fingerprint density at radius 3 is 2.50 bits per heavy atom. The molecule has 28 heavy (non-hydrogen) atoms. The van der Waals surface area contributed by atoms with Crippen molar-refractivity contribution in [3.05, 3.63) is 77.7 Å². The Balaban J connectivity index is 1.77. The summed E-state index contributed by atoms with van der Waals surface area (Å²) in [7, 11) is 0. The van der Waals surface area contributed by atoms with Gasteiger partial charge >= 0.3 is 0 Å². The molecule has 4 rings (SSSR count). The van der Waals surface area contributed by atoms with Gasteiger partial charge in [0.25, 0.3) is 0 Å². The molecule has 7 heteroatoms. The average Bonchev–Trinajstić information content (AvgIpc) is 3.18. The standard InChI is InChI=1S/C21H15N7/c1-14(15-6-3-2-4-7-15)26-21-25-12-17(11-23)19(27-21)18-13-24-20-16(10-22)8-5-9-28(18)20/h2-9,12-14H,1H3,(H,25,26,27)/t14-/m0/s1. The van der Waals surface area contributed by atoms with E-state index in [2.05, 4.69) is 32.4 Å². The Morgan fingerprint density at radius 1 is 0.964 bits per heavy atom. The minimum atomic E-state index is -0.00522. The maximum atomic E-state index is 9.51. The number of nitrogens with zero attached hydrogens (tertiary/aromatic N) is 6. The third kappa shape index (κ3) is 3.02. The Kier molecular flexibility index (Phi) is 4.41. The van der Waals surface area contributed by atoms with E-state index < -0.39 is 0 Å². The Labute approximate surface area is 161 Å². The molecule has 0 spiro atoms. The summed E-state index contributed by atoms with van der Waals surface area (Å²) in [5, 5.41) is 22.1. The predicted octanol–water partition coefficient (Wildman–Crippen LogP) is 3.71. The van der Waals surface area contributed by atoms with Crippen molar-refractivity contribution in [2.24, 2.45) is 0 Å². The first-order valence-electron chi connectivity index (χ1n) is 8.66. The minimum Gasteiger partial charge on any atom is -0.348 e. The van der Waals surface area contributed by atoms with E-state index in [9.17, 15) is 10.5 Å². The van der Waals surface area contributed by atoms with E-state index in [1.165, 1.54) is 6.20 Å². The fourth-order valence-corrected chi connectivity index (χ4v) is 3.02. The van der Waals surface area contributed by atoms with E-state index in [1.807, 2.05) is 37.3 Å². The van der Waals surface area contributed by atoms with Crippen molar-refractivity contribution in [1.82, 2.24) is 19.4 Å². The van der Waals surface area contributed by atoms with E-state index in [0.29, 0.717) is 34.1 Å². The lowest BCUT2D eigenvalue weighted by atomic mass is 10.1. The predicted molar refractivity (Wildman–Crippen MR) is 104 cm³/mol. The molecule has 1 aromatic carbocycles. The number of hydrogen-bond donors (Lipinski definition) is 1. The van der Waals surface area contributed by atoms with Crippen LogP contribution in [-0.2, 0) is 0 Å². The highest BCUT2D eigenvalue weighted by Gasteiger charge is 2.16. The molecule has 0 aliphatic heterocycles. The van der Waals surface area contributed by atoms with Crippen LogP contribution in [-0.4, -0.2) is 19.4 Å². The van der Waals surface area contributed by atoms with Crippen LogP contribution in [0.4, 0.5) is 5.95 Å². The van der Waals surface area contributed by atoms with Crippen LogP contribution in [0.25, 0.3) is 17.0 Å². The Morgan fingerprint density at radius 2 is 1.75 bits per heavy atom. The van der Waals surface area contributed by atoms with Crippen LogP contribution < -0.4 is 5.32 Å². The minimum absolute atomic E-state index is 0.00522. The fraction of sp³-hybridized carbons (Fsp3) is 0.0952. The van der Waals surface area contributed by atoms with Gasteiger partial charge in [-0.1, -0.05) is 30.3 Å². The SMILES string of the molecule is C[C@H](Nc1ncc(C#N)c(-c2cnc3c(C#N)cccn23)n1)c1ccccc1. The molecule has 0 aliphatic carbocycles. The molecule has 7 nitrogen and oxygen atoms in total. The number of benzene rings is 1. The lowest BCUT2D eigenvalue weighted by molar-refractivity contribution is 0.860. The molecule has 1 N–H and O–H groups in total. The molecule has 0 saturated carbocycles. The normalized spacial score (nSPS) is 11.5. The molecule has 3 heterocycles. The molecule has 0 fully saturated rings. The van der Waals surface area contributed by atoms with Crippen LogP contribution in [0.5, 0.6) is 0 Å². The van der Waals surface area contributed by atoms with Gasteiger partial charge in [0.05, 0.1) is 35.3 Å². The molecule has 0 bridgehead atoms. The van der Waals surface area contributed by atoms with Crippen molar-refractivity contribution < 1.29 is 0 Å². The van der Waals surface area contributed by atoms with Crippen LogP contribution in [0.2, 0.25) is 0 Å². The number of hydrogen-bond acceptors (Lipinski definition) is 6. The quantitative estimate of drug-likeness (QED) is 0.591. The second-order valence-corrected chi connectivity index (χ2v) is 6.22. The zero-order chi connectivity index (χ0) is 19.5. The molecule has 1 atom stereocenters. The lowest BCUT2D eigenvalue weighted by Crippen LogP contribution is -2.10. The van der Waals surface area contributed by atoms with Crippen LogP contribution >= 0.6 is 0 Å². The second kappa shape index (κ2) is 7.18. The summed E-state index contributed by atoms with van der Waals surface area (Å²) in [6.45, 7) is 2.02. The van der Waals surface area contributed by atoms with Crippen molar-refractivity contribution in [3.8, 4) is 23.5 Å². The van der Waals surface area contributed by atoms with Gasteiger partial charge in [0.15, 0.2) is 5.65 Å². The van der Waals surface area contributed by atoms with E-state index in [0.717, 1.165) is 5.56 Å². The maximum absolute atomic E-state index is 9.51. The summed E-state index contributed by atoms with van der Waals surface area (Å²) in [6, 6.07) is 17.7. The molecular formula is C21H15N7. The van der Waals surface area contributed by atoms with Gasteiger partial charge < -0.3 is 5.32 Å². The highest BCUT2D eigenvalue weighted by molar-refractivity contribution is 5.69. The first kappa shape index (κ1) is 17.2. The van der Waals surface area contributed by atoms with Crippen molar-refractivity contribution >= 4 is 11.6 Å². The van der Waals surface area contributed by atoms with Gasteiger partial charge in [-0.25, -0.2) is 15.0 Å². The molecule has 0 unspecified atom stereocenters. The van der Waals surface area contributed by atoms with E-state index in [4.69, 9.17) is 0 Å². The molecule has 0 radical (unpaired) electrons. The molecule has 0 saturated heterocycles. The Bertz CT molecular complexity index is 1230. The first-order chi connectivity index (χ1) is 13.7. The number of aromatic nitrogens is 4. The molecule has 134 valence electrons. The second-order valence-electron chi connectivity index (χ2n) is 6.22. The number of nitriles is 2. The lowest BCUT2D eigenvalue weighted by Gasteiger charge is -2.15. The number of imidazole rings is 1. The van der Waals surface area contributed by atoms with Crippen molar-refractivity contribution in [1.29, 1.82) is 10.5 Å². The summed E-state index contributed by atoms with van der Waals surface area (Å²) in [5.74, 6) is 0.414. The summed E-state index contributed by atoms with van der Waals surface area (Å²) >= 11 is 0. The molecule has 3 aromatic heterocycles. The molecule has 4 aromatic rings. The highest BCUT2D eigenvalue weighted by Crippen LogP contribution is 2.25. The van der Waals surface area contributed by atoms with Crippen molar-refractivity contribution in [3.63, 3.8) is 0 Å². The van der Waals surface area contributed by atoms with E-state index >= 15 is 0 Å². The first-order valence-corrected chi connectivity index (χ1v) is 8.66. The summed E-state index contributed by atoms with van der Waals surface area (Å²) < 4.78 is 1.76. The van der Waals surface area contributed by atoms with E-state index in [1.54, 1.807) is 28.9 Å². The van der Waals surface area contributed by atoms with E-state index in [-0.39, 0.29) is 6.04 Å². The van der Waals surface area contributed by atoms with Gasteiger partial charge in [-0.2, -0.15) is 10.5 Å². The molecular weight excluding hydrogens is 350 g/mol. The molecule has 0 amide bonds. The third-order valence-corrected chi connectivity index (χ3v) is 4.45. The number of pyridine rings is 1. The van der Waals surface area contributed by atoms with Crippen LogP contribution in [0.1, 0.15) is 29.7 Å². The van der Waals surface area contributed by atoms with Crippen LogP contribution in [0.15, 0.2) is 61.1 Å². The number of rotatable bonds is 4. The monoisotopic (exact) mass is 365 g/mol. The van der Waals surface area contributed by atoms with Crippen molar-refractivity contribution in [2.75, 3.05) is 5.32 Å². The molecule has 0 aliphatic rings. The average molecular weight is 365 g/mol. The summed E-state index contributed by atoms with van der Waals surface area (Å²) in [4.78, 5) is 13.2. The van der Waals surface area contributed by atoms with Crippen LogP contribution in [0, 0.1) is 22.7 Å². The summed E-state index contributed by atoms with van der Waals surface area (Å²) in [5.41, 5.74) is 3.50. The zero-order valence-electron chi connectivity index (χ0n) is 15.0.